The number of nitrogens with zero attached hydrogens (tertiary/aromatic N) is 22. The summed E-state index contributed by atoms with van der Waals surface area (Å²) in [7, 11) is 14.7. The standard InChI is InChI=1S/C23H25BrN4O2.C11H17BrN4O4.C6H9BrN4O2.C5H6BrN3O2.C5H7N3O2.C4H5Br2N3.C4H6BrN3O.C2HF3O.C2H6.CCl4.5CH4.B.K.Na.H2O.H/c1-23(2,3)30-21(29)18(15-19-26-22(24)28(4)27-19)25-20(16-11-7-5-8-12-16)17-13-9-6-10-14-17;1-11(2,3)20-10(19)13-6(8(17)18)5-7-14-9(12)16(4)15-7;1-11-6(7)9-4(10-11)2-3(8)5(12)13;1-9-5(6)7-3(8-9)4(10)11-2;1-8-3-6-4(7-8)5(9)10-2;1-9-4(6)7-3(2-5)8-9;1-8-4(5)6-3(2-9)7-8;3-2(4,5)1-6;1-2;2-1(3,4)5;;;;;;;;;;/h5-14,18H,15H2,1-4H3;6H,5H2,1-4H3,(H,13,19)(H,17,18);3H,2,8H2,1H3,(H,12,13);1-2H3;3H,1-2H3;2H2,1H3;9H,2H2,1H3;1H;1-2H3;;5*1H4;;;;1H2;/q;;;;;;;;;;;;;;;;2*+1;;-1/p-1/t18-;6-;3-;;;;;;;;;;;;;;;;;/m000................./s1/i;;;;;;;;1D;;;;;;;;;;;. The third-order valence-corrected chi connectivity index (χ3v) is 16.4. The molecule has 0 saturated heterocycles. The van der Waals surface area contributed by atoms with Gasteiger partial charge in [-0.1, -0.05) is 174 Å². The zero-order valence-electron chi connectivity index (χ0n) is 69.0. The summed E-state index contributed by atoms with van der Waals surface area (Å²) in [5.41, 5.74) is 6.56. The Morgan fingerprint density at radius 3 is 1.16 bits per heavy atom. The molecule has 3 radical (unpaired) electrons. The van der Waals surface area contributed by atoms with E-state index in [0.717, 1.165) is 27.4 Å². The van der Waals surface area contributed by atoms with E-state index in [4.69, 9.17) is 88.1 Å². The zero-order valence-corrected chi connectivity index (χ0v) is 86.2. The molecule has 3 atom stereocenters. The number of aliphatic carboxylic acids is 2. The minimum absolute atomic E-state index is 0. The largest absolute Gasteiger partial charge is 1.00 e. The van der Waals surface area contributed by atoms with Crippen molar-refractivity contribution in [3.63, 3.8) is 0 Å². The van der Waals surface area contributed by atoms with Crippen LogP contribution in [0.25, 0.3) is 0 Å². The number of alkyl halides is 8. The maximum absolute atomic E-state index is 13.0. The van der Waals surface area contributed by atoms with Crippen molar-refractivity contribution in [2.24, 2.45) is 60.1 Å². The fourth-order valence-electron chi connectivity index (χ4n) is 7.03. The fourth-order valence-corrected chi connectivity index (χ4v) is 8.94. The van der Waals surface area contributed by atoms with E-state index in [1.54, 1.807) is 84.0 Å². The van der Waals surface area contributed by atoms with Gasteiger partial charge in [0.2, 0.25) is 6.29 Å². The van der Waals surface area contributed by atoms with Crippen LogP contribution in [0, 0.1) is 0 Å². The molecule has 0 saturated carbocycles. The molecule has 56 heteroatoms. The first-order valence-corrected chi connectivity index (χ1v) is 39.3. The van der Waals surface area contributed by atoms with Crippen molar-refractivity contribution < 1.29 is 170 Å². The Morgan fingerprint density at radius 1 is 0.581 bits per heavy atom. The topological polar surface area (TPSA) is 512 Å². The Bertz CT molecular complexity index is 4380. The molecule has 7 N–H and O–H groups in total. The van der Waals surface area contributed by atoms with E-state index in [1.807, 2.05) is 88.5 Å². The molecule has 9 rings (SSSR count). The van der Waals surface area contributed by atoms with Gasteiger partial charge in [-0.05, 0) is 137 Å². The number of aldehydes is 1. The van der Waals surface area contributed by atoms with Crippen LogP contribution in [0.2, 0.25) is 0 Å². The number of carboxylic acids is 2. The van der Waals surface area contributed by atoms with Gasteiger partial charge >= 0.3 is 123 Å². The number of carboxylic acid groups (broad SMARTS) is 2. The number of aliphatic imine (C=N–C) groups is 1. The van der Waals surface area contributed by atoms with Gasteiger partial charge < -0.3 is 52.2 Å². The van der Waals surface area contributed by atoms with E-state index in [1.165, 1.54) is 39.3 Å². The number of nitrogens with one attached hydrogen (secondary N) is 1. The second-order valence-electron chi connectivity index (χ2n) is 23.4. The molecule has 0 spiro atoms. The summed E-state index contributed by atoms with van der Waals surface area (Å²) in [4.78, 5) is 109. The molecule has 689 valence electrons. The third-order valence-electron chi connectivity index (χ3n) is 11.7. The van der Waals surface area contributed by atoms with Crippen molar-refractivity contribution in [3.8, 4) is 0 Å². The van der Waals surface area contributed by atoms with E-state index in [2.05, 4.69) is 197 Å². The second-order valence-corrected chi connectivity index (χ2v) is 31.6. The molecule has 0 aliphatic carbocycles. The van der Waals surface area contributed by atoms with Gasteiger partial charge in [0.25, 0.3) is 14.9 Å². The predicted molar refractivity (Wildman–Crippen MR) is 482 cm³/mol. The first-order valence-electron chi connectivity index (χ1n) is 32.6. The summed E-state index contributed by atoms with van der Waals surface area (Å²) in [5, 5.41) is 56.8. The molecule has 0 bridgehead atoms. The molecule has 0 aliphatic rings. The number of methoxy groups -OCH3 is 2. The van der Waals surface area contributed by atoms with Gasteiger partial charge in [-0.15, -0.1) is 10.2 Å². The van der Waals surface area contributed by atoms with Crippen LogP contribution in [0.15, 0.2) is 100 Å². The van der Waals surface area contributed by atoms with Crippen molar-refractivity contribution in [3.05, 3.63) is 147 Å². The number of amides is 1. The number of aliphatic hydroxyl groups excluding tert-OH is 1. The molecule has 0 aliphatic heterocycles. The van der Waals surface area contributed by atoms with Crippen LogP contribution in [0.3, 0.4) is 0 Å². The molecule has 7 heterocycles. The van der Waals surface area contributed by atoms with Crippen molar-refractivity contribution in [2.75, 3.05) is 14.2 Å². The Kier molecular flexibility index (Phi) is 77.6. The normalized spacial score (nSPS) is 10.7. The van der Waals surface area contributed by atoms with E-state index in [0.29, 0.717) is 59.2 Å². The van der Waals surface area contributed by atoms with E-state index >= 15 is 0 Å². The Hall–Kier alpha value is -4.73. The van der Waals surface area contributed by atoms with Crippen LogP contribution in [0.1, 0.15) is 157 Å². The number of esters is 3. The number of hydrogen-bond acceptors (Lipinski definition) is 29. The smallest absolute Gasteiger partial charge is 1.00 e. The van der Waals surface area contributed by atoms with Gasteiger partial charge in [-0.2, -0.15) is 43.6 Å². The molecule has 7 aromatic heterocycles. The summed E-state index contributed by atoms with van der Waals surface area (Å²) in [6.07, 6.45) is -4.72. The van der Waals surface area contributed by atoms with Gasteiger partial charge in [-0.3, -0.25) is 19.3 Å². The van der Waals surface area contributed by atoms with Crippen LogP contribution >= 0.6 is 158 Å². The van der Waals surface area contributed by atoms with Gasteiger partial charge in [0, 0.05) is 89.5 Å². The molecule has 0 unspecified atom stereocenters. The van der Waals surface area contributed by atoms with E-state index < -0.39 is 81.0 Å². The number of rotatable bonds is 17. The number of aromatic nitrogens is 21. The molecular weight excluding hydrogens is 2220 g/mol. The molecule has 39 nitrogen and oxygen atoms in total. The molecular formula is C68H104BBr7Cl4F3KN24NaO15. The summed E-state index contributed by atoms with van der Waals surface area (Å²) >= 11 is 41.7. The number of carbonyl (C=O) groups excluding carboxylic acids is 5. The average molecular weight is 2330 g/mol. The van der Waals surface area contributed by atoms with Crippen molar-refractivity contribution >= 4 is 214 Å². The van der Waals surface area contributed by atoms with Gasteiger partial charge in [0.15, 0.2) is 63.6 Å². The monoisotopic (exact) mass is 2320 g/mol. The Labute approximate surface area is 867 Å². The summed E-state index contributed by atoms with van der Waals surface area (Å²) < 4.78 is 69.5. The molecule has 0 fully saturated rings. The predicted octanol–water partition coefficient (Wildman–Crippen LogP) is 7.58. The Balaban J connectivity index is -0.000000136. The zero-order chi connectivity index (χ0) is 89.3. The minimum Gasteiger partial charge on any atom is -1.00 e. The summed E-state index contributed by atoms with van der Waals surface area (Å²) in [6.45, 7) is 12.8. The van der Waals surface area contributed by atoms with Crippen molar-refractivity contribution in [2.45, 2.75) is 162 Å². The van der Waals surface area contributed by atoms with Gasteiger partial charge in [0.1, 0.15) is 36.2 Å². The maximum atomic E-state index is 13.0. The number of carbonyl (C=O) groups is 7. The fraction of sp³-hybridized carbons (Fsp3) is 0.500. The number of hydrogen-bond donors (Lipinski definition) is 5. The molecule has 2 aromatic carbocycles. The minimum atomic E-state index is -4.64. The van der Waals surface area contributed by atoms with Crippen LogP contribution in [-0.2, 0) is 119 Å². The van der Waals surface area contributed by atoms with E-state index in [9.17, 15) is 41.9 Å². The number of ether oxygens (including phenoxy) is 4. The first-order chi connectivity index (χ1) is 53.6. The Morgan fingerprint density at radius 2 is 0.903 bits per heavy atom. The average Bonchev–Trinajstić information content (AvgIpc) is 1.39. The summed E-state index contributed by atoms with van der Waals surface area (Å²) in [6, 6.07) is 16.7. The van der Waals surface area contributed by atoms with Crippen LogP contribution in [-0.4, -0.2) is 233 Å². The molecule has 124 heavy (non-hydrogen) atoms. The number of alkyl carbamates (subject to hydrolysis) is 1. The first kappa shape index (κ1) is 137. The van der Waals surface area contributed by atoms with Crippen LogP contribution in [0.5, 0.6) is 0 Å². The number of aryl methyl sites for hydroxylation is 7. The second kappa shape index (κ2) is 70.1. The van der Waals surface area contributed by atoms with E-state index in [-0.39, 0.29) is 171 Å². The van der Waals surface area contributed by atoms with Gasteiger partial charge in [-0.25, -0.2) is 82.0 Å². The number of benzene rings is 2. The van der Waals surface area contributed by atoms with Crippen molar-refractivity contribution in [1.29, 1.82) is 0 Å². The maximum Gasteiger partial charge on any atom is 1.00 e. The SMILES string of the molecule is C.C.C.C.C.COC(=O)c1nc(Br)n(C)n1.COC(=O)c1ncn(C)n1.ClC(Cl)(Cl)Cl.Cn1nc(CBr)nc1Br.Cn1nc(CO)nc1Br.Cn1nc(C[C@H](N)C(=O)O)nc1Br.Cn1nc(C[C@H](N=C(c2ccccc2)c2ccccc2)C(=O)OC(C)(C)C)nc1Br.Cn1nc(C[C@H](NC(=O)OC(C)(C)C)C(=O)O)nc1Br.O=CC(F)(F)F.[2H]CC.[B].[H-].[K+].[Na+].[OH-]. The third kappa shape index (κ3) is 61.0. The number of halogens is 14. The number of aliphatic hydroxyl groups is 1. The molecule has 1 amide bonds. The van der Waals surface area contributed by atoms with Crippen molar-refractivity contribution in [1.82, 2.24) is 109 Å². The number of nitrogens with two attached hydrogens (primary N) is 1. The van der Waals surface area contributed by atoms with Gasteiger partial charge in [0.05, 0.1) is 25.3 Å². The van der Waals surface area contributed by atoms with Crippen LogP contribution < -0.4 is 92.0 Å². The molecule has 9 aromatic rings. The van der Waals surface area contributed by atoms with Crippen LogP contribution in [0.4, 0.5) is 18.0 Å². The summed E-state index contributed by atoms with van der Waals surface area (Å²) in [5.74, 6) is -1.07. The quantitative estimate of drug-likeness (QED) is 0.0146.